The number of carbonyl (C=O) groups is 2. The van der Waals surface area contributed by atoms with Crippen molar-refractivity contribution < 1.29 is 14.7 Å². The highest BCUT2D eigenvalue weighted by Crippen LogP contribution is 2.28. The standard InChI is InChI=1S/C13H20N2O3/c1-2-7-15(11-5-6-11)13(18)14-8-3-4-10(9-14)12(16)17/h2,10-11H,1,3-9H2,(H,16,17)/t10-/m1/s1. The molecule has 18 heavy (non-hydrogen) atoms. The fourth-order valence-corrected chi connectivity index (χ4v) is 2.44. The zero-order valence-corrected chi connectivity index (χ0v) is 10.5. The van der Waals surface area contributed by atoms with Gasteiger partial charge >= 0.3 is 12.0 Å². The first-order chi connectivity index (χ1) is 8.63. The molecule has 0 spiro atoms. The summed E-state index contributed by atoms with van der Waals surface area (Å²) in [5.74, 6) is -1.21. The molecule has 1 saturated heterocycles. The van der Waals surface area contributed by atoms with E-state index in [0.717, 1.165) is 19.3 Å². The van der Waals surface area contributed by atoms with Gasteiger partial charge in [0.05, 0.1) is 5.92 Å². The number of likely N-dealkylation sites (tertiary alicyclic amines) is 1. The minimum absolute atomic E-state index is 0.0247. The van der Waals surface area contributed by atoms with Crippen LogP contribution in [0.2, 0.25) is 0 Å². The van der Waals surface area contributed by atoms with Crippen molar-refractivity contribution in [1.82, 2.24) is 9.80 Å². The topological polar surface area (TPSA) is 60.9 Å². The Morgan fingerprint density at radius 3 is 2.67 bits per heavy atom. The number of rotatable bonds is 4. The van der Waals surface area contributed by atoms with Gasteiger partial charge in [-0.3, -0.25) is 4.79 Å². The lowest BCUT2D eigenvalue weighted by Crippen LogP contribution is -2.49. The van der Waals surface area contributed by atoms with Gasteiger partial charge in [-0.1, -0.05) is 6.08 Å². The predicted molar refractivity (Wildman–Crippen MR) is 67.3 cm³/mol. The summed E-state index contributed by atoms with van der Waals surface area (Å²) in [6, 6.07) is 0.309. The van der Waals surface area contributed by atoms with Crippen LogP contribution in [-0.2, 0) is 4.79 Å². The van der Waals surface area contributed by atoms with Crippen molar-refractivity contribution in [3.05, 3.63) is 12.7 Å². The van der Waals surface area contributed by atoms with Gasteiger partial charge in [-0.15, -0.1) is 6.58 Å². The number of carbonyl (C=O) groups excluding carboxylic acids is 1. The molecule has 5 heteroatoms. The Bertz CT molecular complexity index is 352. The van der Waals surface area contributed by atoms with Crippen molar-refractivity contribution in [2.45, 2.75) is 31.7 Å². The number of urea groups is 1. The van der Waals surface area contributed by atoms with Gasteiger partial charge in [0.1, 0.15) is 0 Å². The van der Waals surface area contributed by atoms with E-state index in [4.69, 9.17) is 5.11 Å². The van der Waals surface area contributed by atoms with Crippen LogP contribution in [0, 0.1) is 5.92 Å². The number of hydrogen-bond acceptors (Lipinski definition) is 2. The van der Waals surface area contributed by atoms with Gasteiger partial charge < -0.3 is 14.9 Å². The second-order valence-electron chi connectivity index (χ2n) is 5.08. The summed E-state index contributed by atoms with van der Waals surface area (Å²) >= 11 is 0. The summed E-state index contributed by atoms with van der Waals surface area (Å²) in [6.45, 7) is 5.24. The molecule has 1 heterocycles. The van der Waals surface area contributed by atoms with Crippen molar-refractivity contribution in [3.8, 4) is 0 Å². The van der Waals surface area contributed by atoms with Crippen molar-refractivity contribution in [1.29, 1.82) is 0 Å². The van der Waals surface area contributed by atoms with Crippen LogP contribution in [0.1, 0.15) is 25.7 Å². The van der Waals surface area contributed by atoms with Gasteiger partial charge in [-0.2, -0.15) is 0 Å². The minimum atomic E-state index is -0.797. The van der Waals surface area contributed by atoms with Crippen LogP contribution < -0.4 is 0 Å². The molecule has 1 N–H and O–H groups in total. The summed E-state index contributed by atoms with van der Waals surface area (Å²) in [7, 11) is 0. The molecule has 0 radical (unpaired) electrons. The van der Waals surface area contributed by atoms with E-state index in [9.17, 15) is 9.59 Å². The third-order valence-electron chi connectivity index (χ3n) is 3.60. The fraction of sp³-hybridized carbons (Fsp3) is 0.692. The minimum Gasteiger partial charge on any atom is -0.481 e. The number of aliphatic carboxylic acids is 1. The van der Waals surface area contributed by atoms with E-state index >= 15 is 0 Å². The van der Waals surface area contributed by atoms with Gasteiger partial charge in [0.25, 0.3) is 0 Å². The van der Waals surface area contributed by atoms with Crippen LogP contribution in [0.5, 0.6) is 0 Å². The average molecular weight is 252 g/mol. The van der Waals surface area contributed by atoms with Crippen LogP contribution in [0.4, 0.5) is 4.79 Å². The van der Waals surface area contributed by atoms with Crippen LogP contribution >= 0.6 is 0 Å². The molecule has 0 aromatic carbocycles. The summed E-state index contributed by atoms with van der Waals surface area (Å²) < 4.78 is 0. The molecule has 5 nitrogen and oxygen atoms in total. The molecule has 2 rings (SSSR count). The zero-order chi connectivity index (χ0) is 13.1. The maximum atomic E-state index is 12.3. The molecule has 0 unspecified atom stereocenters. The van der Waals surface area contributed by atoms with Gasteiger partial charge in [0.2, 0.25) is 0 Å². The van der Waals surface area contributed by atoms with Crippen molar-refractivity contribution in [2.24, 2.45) is 5.92 Å². The van der Waals surface area contributed by atoms with E-state index in [-0.39, 0.29) is 6.03 Å². The number of carboxylic acid groups (broad SMARTS) is 1. The highest BCUT2D eigenvalue weighted by molar-refractivity contribution is 5.77. The van der Waals surface area contributed by atoms with Crippen LogP contribution in [0.3, 0.4) is 0 Å². The molecule has 1 aliphatic heterocycles. The number of carboxylic acids is 1. The SMILES string of the molecule is C=CCN(C(=O)N1CCC[C@@H](C(=O)O)C1)C1CC1. The smallest absolute Gasteiger partial charge is 0.320 e. The largest absolute Gasteiger partial charge is 0.481 e. The van der Waals surface area contributed by atoms with Gasteiger partial charge in [0, 0.05) is 25.7 Å². The molecular formula is C13H20N2O3. The average Bonchev–Trinajstić information content (AvgIpc) is 3.19. The molecule has 2 fully saturated rings. The Balaban J connectivity index is 1.98. The Morgan fingerprint density at radius 2 is 2.11 bits per heavy atom. The van der Waals surface area contributed by atoms with Crippen molar-refractivity contribution in [2.75, 3.05) is 19.6 Å². The first kappa shape index (κ1) is 12.9. The third kappa shape index (κ3) is 2.83. The zero-order valence-electron chi connectivity index (χ0n) is 10.5. The lowest BCUT2D eigenvalue weighted by molar-refractivity contribution is -0.143. The Hall–Kier alpha value is -1.52. The number of hydrogen-bond donors (Lipinski definition) is 1. The molecule has 100 valence electrons. The van der Waals surface area contributed by atoms with E-state index in [0.29, 0.717) is 32.1 Å². The van der Waals surface area contributed by atoms with Gasteiger partial charge in [0.15, 0.2) is 0 Å². The highest BCUT2D eigenvalue weighted by atomic mass is 16.4. The molecule has 0 bridgehead atoms. The highest BCUT2D eigenvalue weighted by Gasteiger charge is 2.36. The van der Waals surface area contributed by atoms with E-state index < -0.39 is 11.9 Å². The van der Waals surface area contributed by atoms with Crippen molar-refractivity contribution in [3.63, 3.8) is 0 Å². The first-order valence-corrected chi connectivity index (χ1v) is 6.52. The second-order valence-corrected chi connectivity index (χ2v) is 5.08. The Morgan fingerprint density at radius 1 is 1.39 bits per heavy atom. The third-order valence-corrected chi connectivity index (χ3v) is 3.60. The number of piperidine rings is 1. The Kier molecular flexibility index (Phi) is 3.89. The van der Waals surface area contributed by atoms with E-state index in [1.54, 1.807) is 11.0 Å². The summed E-state index contributed by atoms with van der Waals surface area (Å²) in [5.41, 5.74) is 0. The molecule has 1 aliphatic carbocycles. The number of amides is 2. The van der Waals surface area contributed by atoms with Gasteiger partial charge in [-0.25, -0.2) is 4.79 Å². The van der Waals surface area contributed by atoms with E-state index in [1.165, 1.54) is 0 Å². The number of nitrogens with zero attached hydrogens (tertiary/aromatic N) is 2. The molecular weight excluding hydrogens is 232 g/mol. The van der Waals surface area contributed by atoms with Crippen LogP contribution in [0.15, 0.2) is 12.7 Å². The normalized spacial score (nSPS) is 23.6. The van der Waals surface area contributed by atoms with Gasteiger partial charge in [-0.05, 0) is 25.7 Å². The maximum absolute atomic E-state index is 12.3. The molecule has 2 amide bonds. The monoisotopic (exact) mass is 252 g/mol. The molecule has 0 aromatic rings. The predicted octanol–water partition coefficient (Wildman–Crippen LogP) is 1.55. The second kappa shape index (κ2) is 5.42. The van der Waals surface area contributed by atoms with Crippen molar-refractivity contribution >= 4 is 12.0 Å². The Labute approximate surface area is 107 Å². The molecule has 0 aromatic heterocycles. The quantitative estimate of drug-likeness (QED) is 0.772. The fourth-order valence-electron chi connectivity index (χ4n) is 2.44. The first-order valence-electron chi connectivity index (χ1n) is 6.52. The molecule has 1 saturated carbocycles. The van der Waals surface area contributed by atoms with Crippen LogP contribution in [0.25, 0.3) is 0 Å². The molecule has 2 aliphatic rings. The summed E-state index contributed by atoms with van der Waals surface area (Å²) in [5, 5.41) is 9.03. The van der Waals surface area contributed by atoms with Crippen LogP contribution in [-0.4, -0.2) is 52.6 Å². The van der Waals surface area contributed by atoms with E-state index in [1.807, 2.05) is 4.90 Å². The molecule has 1 atom stereocenters. The lowest BCUT2D eigenvalue weighted by atomic mass is 9.98. The maximum Gasteiger partial charge on any atom is 0.320 e. The lowest BCUT2D eigenvalue weighted by Gasteiger charge is -2.35. The summed E-state index contributed by atoms with van der Waals surface area (Å²) in [6.07, 6.45) is 5.28. The summed E-state index contributed by atoms with van der Waals surface area (Å²) in [4.78, 5) is 26.8. The van der Waals surface area contributed by atoms with E-state index in [2.05, 4.69) is 6.58 Å².